The molecule has 0 unspecified atom stereocenters. The number of aromatic nitrogens is 2. The molecule has 0 aromatic carbocycles. The third kappa shape index (κ3) is 2.02. The van der Waals surface area contributed by atoms with Crippen LogP contribution < -0.4 is 10.3 Å². The summed E-state index contributed by atoms with van der Waals surface area (Å²) in [6, 6.07) is 0. The van der Waals surface area contributed by atoms with Gasteiger partial charge in [-0.1, -0.05) is 0 Å². The van der Waals surface area contributed by atoms with E-state index in [-0.39, 0.29) is 11.1 Å². The highest BCUT2D eigenvalue weighted by Gasteiger charge is 2.23. The Morgan fingerprint density at radius 1 is 1.14 bits per heavy atom. The van der Waals surface area contributed by atoms with Gasteiger partial charge in [0.25, 0.3) is 0 Å². The fourth-order valence-electron chi connectivity index (χ4n) is 1.54. The van der Waals surface area contributed by atoms with Gasteiger partial charge in [-0.15, -0.1) is 0 Å². The molecule has 1 aromatic heterocycles. The average molecular weight is 191 g/mol. The van der Waals surface area contributed by atoms with Crippen molar-refractivity contribution >= 4 is 13.6 Å². The van der Waals surface area contributed by atoms with E-state index in [2.05, 4.69) is 50.7 Å². The Morgan fingerprint density at radius 3 is 1.86 bits per heavy atom. The number of rotatable bonds is 0. The zero-order chi connectivity index (χ0) is 11.1. The minimum Gasteiger partial charge on any atom is -0.458 e. The molecule has 1 aromatic rings. The van der Waals surface area contributed by atoms with Crippen LogP contribution >= 0.6 is 0 Å². The number of nitrogens with zero attached hydrogens (tertiary/aromatic N) is 2. The monoisotopic (exact) mass is 191 g/mol. The molecule has 0 N–H and O–H groups in total. The fraction of sp³-hybridized carbons (Fsp3) is 0.727. The lowest BCUT2D eigenvalue weighted by atomic mass is 10.0. The van der Waals surface area contributed by atoms with Crippen LogP contribution in [0.4, 0.5) is 0 Å². The maximum absolute atomic E-state index is 6.10. The van der Waals surface area contributed by atoms with Crippen molar-refractivity contribution in [1.82, 2.24) is 4.57 Å². The Labute approximate surface area is 88.4 Å². The first-order valence-electron chi connectivity index (χ1n) is 5.03. The number of imidazole rings is 1. The largest absolute Gasteiger partial charge is 0.458 e. The molecular weight excluding hydrogens is 171 g/mol. The first-order valence-corrected chi connectivity index (χ1v) is 5.03. The van der Waals surface area contributed by atoms with Crippen molar-refractivity contribution in [3.63, 3.8) is 0 Å². The summed E-state index contributed by atoms with van der Waals surface area (Å²) in [5.74, 6) is 0. The van der Waals surface area contributed by atoms with Gasteiger partial charge in [-0.05, 0) is 47.3 Å². The summed E-state index contributed by atoms with van der Waals surface area (Å²) in [4.78, 5) is 0. The standard InChI is InChI=1S/C11H20BN2/c1-10(2,3)13-7-8-14(9(13)12)11(4,5)6/h7-8H,1-6H3. The Bertz CT molecular complexity index is 295. The van der Waals surface area contributed by atoms with Gasteiger partial charge in [0.15, 0.2) is 0 Å². The van der Waals surface area contributed by atoms with E-state index in [4.69, 9.17) is 7.85 Å². The number of hydrogen-bond acceptors (Lipinski definition) is 0. The zero-order valence-electron chi connectivity index (χ0n) is 10.1. The average Bonchev–Trinajstić information content (AvgIpc) is 2.26. The minimum absolute atomic E-state index is 0.0422. The maximum Gasteiger partial charge on any atom is 0.126 e. The minimum atomic E-state index is 0.0422. The van der Waals surface area contributed by atoms with Gasteiger partial charge in [0.2, 0.25) is 0 Å². The maximum atomic E-state index is 6.10. The molecule has 77 valence electrons. The molecule has 0 aliphatic carbocycles. The Morgan fingerprint density at radius 2 is 1.64 bits per heavy atom. The lowest BCUT2D eigenvalue weighted by Gasteiger charge is -2.26. The predicted molar refractivity (Wildman–Crippen MR) is 60.0 cm³/mol. The molecule has 3 heteroatoms. The van der Waals surface area contributed by atoms with Crippen molar-refractivity contribution in [3.05, 3.63) is 12.4 Å². The van der Waals surface area contributed by atoms with E-state index in [1.807, 2.05) is 12.4 Å². The van der Waals surface area contributed by atoms with E-state index in [0.717, 1.165) is 5.72 Å². The van der Waals surface area contributed by atoms with Crippen LogP contribution in [0.15, 0.2) is 12.4 Å². The van der Waals surface area contributed by atoms with E-state index in [0.29, 0.717) is 0 Å². The fourth-order valence-corrected chi connectivity index (χ4v) is 1.54. The van der Waals surface area contributed by atoms with Gasteiger partial charge in [0, 0.05) is 0 Å². The van der Waals surface area contributed by atoms with Gasteiger partial charge in [-0.3, -0.25) is 9.13 Å². The van der Waals surface area contributed by atoms with Gasteiger partial charge >= 0.3 is 0 Å². The molecule has 1 heterocycles. The van der Waals surface area contributed by atoms with Crippen molar-refractivity contribution in [3.8, 4) is 0 Å². The summed E-state index contributed by atoms with van der Waals surface area (Å²) in [5.41, 5.74) is 0.895. The molecule has 0 atom stereocenters. The Hall–Kier alpha value is -0.725. The molecule has 3 radical (unpaired) electrons. The Kier molecular flexibility index (Phi) is 2.55. The summed E-state index contributed by atoms with van der Waals surface area (Å²) in [7, 11) is 6.10. The summed E-state index contributed by atoms with van der Waals surface area (Å²) in [5, 5.41) is 0. The topological polar surface area (TPSA) is 8.81 Å². The quantitative estimate of drug-likeness (QED) is 0.428. The van der Waals surface area contributed by atoms with E-state index in [9.17, 15) is 0 Å². The van der Waals surface area contributed by atoms with Crippen LogP contribution in [-0.2, 0) is 11.1 Å². The lowest BCUT2D eigenvalue weighted by molar-refractivity contribution is -0.737. The highest BCUT2D eigenvalue weighted by Crippen LogP contribution is 2.11. The zero-order valence-corrected chi connectivity index (χ0v) is 10.1. The predicted octanol–water partition coefficient (Wildman–Crippen LogP) is 1.08. The van der Waals surface area contributed by atoms with Crippen molar-refractivity contribution < 1.29 is 4.57 Å². The van der Waals surface area contributed by atoms with E-state index in [1.54, 1.807) is 0 Å². The molecule has 0 spiro atoms. The van der Waals surface area contributed by atoms with Gasteiger partial charge in [-0.2, -0.15) is 0 Å². The molecule has 0 bridgehead atoms. The molecule has 0 saturated carbocycles. The second kappa shape index (κ2) is 3.14. The lowest BCUT2D eigenvalue weighted by Crippen LogP contribution is -2.61. The van der Waals surface area contributed by atoms with E-state index >= 15 is 0 Å². The summed E-state index contributed by atoms with van der Waals surface area (Å²) in [6.45, 7) is 12.9. The van der Waals surface area contributed by atoms with Gasteiger partial charge in [-0.25, -0.2) is 0 Å². The van der Waals surface area contributed by atoms with Crippen LogP contribution in [0, 0.1) is 0 Å². The van der Waals surface area contributed by atoms with Crippen molar-refractivity contribution in [1.29, 1.82) is 0 Å². The normalized spacial score (nSPS) is 13.4. The van der Waals surface area contributed by atoms with Gasteiger partial charge in [0.1, 0.15) is 12.4 Å². The van der Waals surface area contributed by atoms with Crippen LogP contribution in [0.1, 0.15) is 41.5 Å². The Balaban J connectivity index is 3.23. The van der Waals surface area contributed by atoms with Crippen molar-refractivity contribution in [2.75, 3.05) is 0 Å². The molecule has 1 rings (SSSR count). The van der Waals surface area contributed by atoms with Crippen LogP contribution in [0.25, 0.3) is 0 Å². The molecule has 0 aliphatic heterocycles. The van der Waals surface area contributed by atoms with Crippen molar-refractivity contribution in [2.45, 2.75) is 52.6 Å². The molecule has 0 fully saturated rings. The first-order chi connectivity index (χ1) is 6.14. The molecule has 0 saturated heterocycles. The molecule has 0 amide bonds. The number of hydrogen-bond donors (Lipinski definition) is 0. The molecule has 14 heavy (non-hydrogen) atoms. The third-order valence-corrected chi connectivity index (χ3v) is 2.30. The van der Waals surface area contributed by atoms with E-state index in [1.165, 1.54) is 0 Å². The van der Waals surface area contributed by atoms with Gasteiger partial charge in [0.05, 0.1) is 11.1 Å². The first kappa shape index (κ1) is 11.4. The third-order valence-electron chi connectivity index (χ3n) is 2.30. The van der Waals surface area contributed by atoms with Crippen molar-refractivity contribution in [2.24, 2.45) is 0 Å². The molecular formula is C11H20BN2. The van der Waals surface area contributed by atoms with Crippen LogP contribution in [0.3, 0.4) is 0 Å². The highest BCUT2D eigenvalue weighted by atomic mass is 15.2. The van der Waals surface area contributed by atoms with Crippen LogP contribution in [0.2, 0.25) is 0 Å². The summed E-state index contributed by atoms with van der Waals surface area (Å²) < 4.78 is 4.19. The second-order valence-corrected chi connectivity index (χ2v) is 5.74. The molecule has 0 aliphatic rings. The smallest absolute Gasteiger partial charge is 0.126 e. The molecule has 2 nitrogen and oxygen atoms in total. The summed E-state index contributed by atoms with van der Waals surface area (Å²) in [6.07, 6.45) is 4.08. The summed E-state index contributed by atoms with van der Waals surface area (Å²) >= 11 is 0. The SMILES string of the molecule is [B-]c1n(C(C)(C)C)cc[n+]1C(C)(C)C. The van der Waals surface area contributed by atoms with Crippen LogP contribution in [0.5, 0.6) is 0 Å². The highest BCUT2D eigenvalue weighted by molar-refractivity contribution is 6.28. The van der Waals surface area contributed by atoms with Crippen LogP contribution in [-0.4, -0.2) is 12.4 Å². The van der Waals surface area contributed by atoms with E-state index < -0.39 is 0 Å². The van der Waals surface area contributed by atoms with Gasteiger partial charge < -0.3 is 7.85 Å². The second-order valence-electron chi connectivity index (χ2n) is 5.74.